The van der Waals surface area contributed by atoms with E-state index in [-0.39, 0.29) is 12.0 Å². The van der Waals surface area contributed by atoms with Crippen LogP contribution in [0.3, 0.4) is 0 Å². The Labute approximate surface area is 158 Å². The highest BCUT2D eigenvalue weighted by atomic mass is 35.5. The molecule has 136 valence electrons. The van der Waals surface area contributed by atoms with Crippen molar-refractivity contribution in [2.45, 2.75) is 25.9 Å². The third kappa shape index (κ3) is 5.31. The highest BCUT2D eigenvalue weighted by molar-refractivity contribution is 6.30. The molecule has 1 heterocycles. The highest BCUT2D eigenvalue weighted by Gasteiger charge is 2.16. The van der Waals surface area contributed by atoms with Crippen LogP contribution in [0.25, 0.3) is 0 Å². The number of carbonyl (C=O) groups is 1. The van der Waals surface area contributed by atoms with Crippen LogP contribution < -0.4 is 10.6 Å². The molecule has 0 spiro atoms. The van der Waals surface area contributed by atoms with Crippen molar-refractivity contribution >= 4 is 29.2 Å². The Morgan fingerprint density at radius 2 is 1.92 bits per heavy atom. The van der Waals surface area contributed by atoms with Gasteiger partial charge in [-0.15, -0.1) is 0 Å². The lowest BCUT2D eigenvalue weighted by molar-refractivity contribution is 0.0975. The van der Waals surface area contributed by atoms with Crippen LogP contribution in [0.1, 0.15) is 28.8 Å². The van der Waals surface area contributed by atoms with Gasteiger partial charge in [-0.1, -0.05) is 29.3 Å². The normalized spacial score (nSPS) is 17.2. The van der Waals surface area contributed by atoms with E-state index < -0.39 is 0 Å². The second kappa shape index (κ2) is 8.83. The van der Waals surface area contributed by atoms with E-state index in [2.05, 4.69) is 15.6 Å². The standard InChI is InChI=1S/C20H22ClN3O2/c1-14-4-10-17(11-5-14)23-20(22-13-18-3-2-12-26-18)24-19(25)15-6-8-16(21)9-7-15/h4-11,18H,2-3,12-13H2,1H3,(H2,22,23,24,25)/t18-/m1/s1. The maximum Gasteiger partial charge on any atom is 0.257 e. The molecule has 2 N–H and O–H groups in total. The molecule has 0 radical (unpaired) electrons. The number of nitrogens with zero attached hydrogens (tertiary/aromatic N) is 1. The van der Waals surface area contributed by atoms with Gasteiger partial charge in [0.25, 0.3) is 5.91 Å². The minimum absolute atomic E-state index is 0.109. The number of hydrogen-bond acceptors (Lipinski definition) is 3. The molecule has 26 heavy (non-hydrogen) atoms. The number of benzene rings is 2. The molecule has 0 bridgehead atoms. The Hall–Kier alpha value is -2.37. The lowest BCUT2D eigenvalue weighted by Crippen LogP contribution is -2.36. The van der Waals surface area contributed by atoms with Gasteiger partial charge in [0.15, 0.2) is 0 Å². The Balaban J connectivity index is 1.72. The minimum atomic E-state index is -0.243. The number of aryl methyl sites for hydroxylation is 1. The monoisotopic (exact) mass is 371 g/mol. The zero-order chi connectivity index (χ0) is 18.4. The predicted octanol–water partition coefficient (Wildman–Crippen LogP) is 4.03. The van der Waals surface area contributed by atoms with Gasteiger partial charge in [0.1, 0.15) is 0 Å². The first-order chi connectivity index (χ1) is 12.6. The zero-order valence-corrected chi connectivity index (χ0v) is 15.4. The number of guanidine groups is 1. The maximum absolute atomic E-state index is 12.5. The van der Waals surface area contributed by atoms with Crippen molar-refractivity contribution in [2.24, 2.45) is 4.99 Å². The number of nitrogens with one attached hydrogen (secondary N) is 2. The summed E-state index contributed by atoms with van der Waals surface area (Å²) in [5.74, 6) is 0.164. The van der Waals surface area contributed by atoms with Crippen LogP contribution in [-0.2, 0) is 4.74 Å². The second-order valence-corrected chi connectivity index (χ2v) is 6.71. The summed E-state index contributed by atoms with van der Waals surface area (Å²) >= 11 is 5.88. The molecule has 1 atom stereocenters. The number of hydrogen-bond donors (Lipinski definition) is 2. The van der Waals surface area contributed by atoms with E-state index in [0.29, 0.717) is 23.1 Å². The molecule has 0 aromatic heterocycles. The van der Waals surface area contributed by atoms with Gasteiger partial charge < -0.3 is 10.1 Å². The fourth-order valence-corrected chi connectivity index (χ4v) is 2.77. The molecule has 3 rings (SSSR count). The molecule has 2 aromatic rings. The summed E-state index contributed by atoms with van der Waals surface area (Å²) in [6, 6.07) is 14.6. The second-order valence-electron chi connectivity index (χ2n) is 6.28. The molecule has 1 aliphatic rings. The van der Waals surface area contributed by atoms with Crippen molar-refractivity contribution in [1.29, 1.82) is 0 Å². The smallest absolute Gasteiger partial charge is 0.257 e. The van der Waals surface area contributed by atoms with Crippen LogP contribution in [-0.4, -0.2) is 31.1 Å². The lowest BCUT2D eigenvalue weighted by Gasteiger charge is -2.13. The fourth-order valence-electron chi connectivity index (χ4n) is 2.65. The summed E-state index contributed by atoms with van der Waals surface area (Å²) in [7, 11) is 0. The largest absolute Gasteiger partial charge is 0.376 e. The molecule has 1 amide bonds. The number of aliphatic imine (C=N–C) groups is 1. The molecule has 2 aromatic carbocycles. The van der Waals surface area contributed by atoms with Crippen LogP contribution in [0.2, 0.25) is 5.02 Å². The summed E-state index contributed by atoms with van der Waals surface area (Å²) in [6.45, 7) is 3.31. The van der Waals surface area contributed by atoms with E-state index >= 15 is 0 Å². The summed E-state index contributed by atoms with van der Waals surface area (Å²) in [6.07, 6.45) is 2.15. The van der Waals surface area contributed by atoms with Gasteiger partial charge in [0.2, 0.25) is 5.96 Å². The molecule has 0 unspecified atom stereocenters. The Kier molecular flexibility index (Phi) is 6.26. The average Bonchev–Trinajstić information content (AvgIpc) is 3.15. The first-order valence-corrected chi connectivity index (χ1v) is 9.04. The third-order valence-electron chi connectivity index (χ3n) is 4.13. The minimum Gasteiger partial charge on any atom is -0.376 e. The van der Waals surface area contributed by atoms with Gasteiger partial charge in [-0.25, -0.2) is 4.99 Å². The number of anilines is 1. The number of rotatable bonds is 4. The van der Waals surface area contributed by atoms with Crippen LogP contribution >= 0.6 is 11.6 Å². The Morgan fingerprint density at radius 1 is 1.19 bits per heavy atom. The summed E-state index contributed by atoms with van der Waals surface area (Å²) < 4.78 is 5.61. The fraction of sp³-hybridized carbons (Fsp3) is 0.300. The SMILES string of the molecule is Cc1ccc(NC(=NC[C@H]2CCCO2)NC(=O)c2ccc(Cl)cc2)cc1. The summed E-state index contributed by atoms with van der Waals surface area (Å²) in [5.41, 5.74) is 2.54. The molecule has 0 aliphatic carbocycles. The number of carbonyl (C=O) groups excluding carboxylic acids is 1. The Bertz CT molecular complexity index is 767. The first kappa shape index (κ1) is 18.4. The lowest BCUT2D eigenvalue weighted by atomic mass is 10.2. The molecular formula is C20H22ClN3O2. The van der Waals surface area contributed by atoms with E-state index in [0.717, 1.165) is 25.1 Å². The van der Waals surface area contributed by atoms with Gasteiger partial charge in [0.05, 0.1) is 12.6 Å². The van der Waals surface area contributed by atoms with Gasteiger partial charge in [-0.3, -0.25) is 10.1 Å². The number of amides is 1. The molecule has 1 aliphatic heterocycles. The van der Waals surface area contributed by atoms with Crippen LogP contribution in [0, 0.1) is 6.92 Å². The number of halogens is 1. The van der Waals surface area contributed by atoms with Crippen LogP contribution in [0.15, 0.2) is 53.5 Å². The molecule has 5 nitrogen and oxygen atoms in total. The Morgan fingerprint density at radius 3 is 2.58 bits per heavy atom. The van der Waals surface area contributed by atoms with Crippen molar-refractivity contribution in [1.82, 2.24) is 5.32 Å². The van der Waals surface area contributed by atoms with Gasteiger partial charge in [0, 0.05) is 22.9 Å². The van der Waals surface area contributed by atoms with Crippen molar-refractivity contribution in [3.63, 3.8) is 0 Å². The zero-order valence-electron chi connectivity index (χ0n) is 14.7. The van der Waals surface area contributed by atoms with E-state index in [1.54, 1.807) is 24.3 Å². The van der Waals surface area contributed by atoms with Crippen molar-refractivity contribution in [3.05, 3.63) is 64.7 Å². The van der Waals surface area contributed by atoms with E-state index in [4.69, 9.17) is 16.3 Å². The van der Waals surface area contributed by atoms with E-state index in [1.807, 2.05) is 31.2 Å². The number of ether oxygens (including phenoxy) is 1. The molecule has 0 saturated carbocycles. The van der Waals surface area contributed by atoms with Crippen molar-refractivity contribution < 1.29 is 9.53 Å². The van der Waals surface area contributed by atoms with E-state index in [1.165, 1.54) is 5.56 Å². The third-order valence-corrected chi connectivity index (χ3v) is 4.38. The molecule has 1 fully saturated rings. The van der Waals surface area contributed by atoms with Gasteiger partial charge in [-0.05, 0) is 56.2 Å². The van der Waals surface area contributed by atoms with Crippen molar-refractivity contribution in [2.75, 3.05) is 18.5 Å². The highest BCUT2D eigenvalue weighted by Crippen LogP contribution is 2.13. The molecule has 6 heteroatoms. The summed E-state index contributed by atoms with van der Waals surface area (Å²) in [5, 5.41) is 6.61. The van der Waals surface area contributed by atoms with Crippen LogP contribution in [0.5, 0.6) is 0 Å². The molecule has 1 saturated heterocycles. The average molecular weight is 372 g/mol. The quantitative estimate of drug-likeness (QED) is 0.630. The predicted molar refractivity (Wildman–Crippen MR) is 105 cm³/mol. The maximum atomic E-state index is 12.5. The van der Waals surface area contributed by atoms with Crippen molar-refractivity contribution in [3.8, 4) is 0 Å². The van der Waals surface area contributed by atoms with Gasteiger partial charge in [-0.2, -0.15) is 0 Å². The topological polar surface area (TPSA) is 62.7 Å². The molecular weight excluding hydrogens is 350 g/mol. The van der Waals surface area contributed by atoms with Gasteiger partial charge >= 0.3 is 0 Å². The first-order valence-electron chi connectivity index (χ1n) is 8.67. The van der Waals surface area contributed by atoms with Crippen LogP contribution in [0.4, 0.5) is 5.69 Å². The summed E-state index contributed by atoms with van der Waals surface area (Å²) in [4.78, 5) is 17.0. The van der Waals surface area contributed by atoms with E-state index in [9.17, 15) is 4.79 Å².